The topological polar surface area (TPSA) is 26.3 Å². The van der Waals surface area contributed by atoms with Crippen LogP contribution in [0.25, 0.3) is 0 Å². The van der Waals surface area contributed by atoms with E-state index in [4.69, 9.17) is 4.74 Å². The summed E-state index contributed by atoms with van der Waals surface area (Å²) >= 11 is 1.72. The summed E-state index contributed by atoms with van der Waals surface area (Å²) in [6.07, 6.45) is 13.5. The van der Waals surface area contributed by atoms with Crippen LogP contribution >= 0.6 is 11.8 Å². The number of carbonyl (C=O) groups excluding carboxylic acids is 1. The Labute approximate surface area is 189 Å². The molecule has 1 saturated carbocycles. The second-order valence-corrected chi connectivity index (χ2v) is 13.2. The van der Waals surface area contributed by atoms with Crippen molar-refractivity contribution in [2.45, 2.75) is 98.2 Å². The molecule has 0 radical (unpaired) electrons. The Morgan fingerprint density at radius 1 is 1.30 bits per heavy atom. The van der Waals surface area contributed by atoms with E-state index in [2.05, 4.69) is 60.6 Å². The van der Waals surface area contributed by atoms with Crippen LogP contribution in [0.1, 0.15) is 93.4 Å². The molecule has 2 nitrogen and oxygen atoms in total. The van der Waals surface area contributed by atoms with E-state index in [1.54, 1.807) is 22.9 Å². The Kier molecular flexibility index (Phi) is 7.22. The fraction of sp³-hybridized carbons (Fsp3) is 0.815. The molecule has 0 unspecified atom stereocenters. The summed E-state index contributed by atoms with van der Waals surface area (Å²) in [7, 11) is 0. The molecule has 0 aromatic rings. The van der Waals surface area contributed by atoms with Crippen molar-refractivity contribution in [3.05, 3.63) is 23.3 Å². The van der Waals surface area contributed by atoms with Gasteiger partial charge in [-0.05, 0) is 67.3 Å². The van der Waals surface area contributed by atoms with Gasteiger partial charge in [0.1, 0.15) is 0 Å². The first-order valence-electron chi connectivity index (χ1n) is 12.2. The molecule has 3 rings (SSSR count). The predicted octanol–water partition coefficient (Wildman–Crippen LogP) is 7.59. The number of hydrogen-bond acceptors (Lipinski definition) is 3. The average Bonchev–Trinajstić information content (AvgIpc) is 2.70. The molecule has 1 fully saturated rings. The molecule has 0 spiro atoms. The van der Waals surface area contributed by atoms with Gasteiger partial charge in [0, 0.05) is 10.2 Å². The Balaban J connectivity index is 1.70. The zero-order valence-corrected chi connectivity index (χ0v) is 21.3. The van der Waals surface area contributed by atoms with Gasteiger partial charge in [0.15, 0.2) is 0 Å². The fourth-order valence-corrected chi connectivity index (χ4v) is 7.09. The number of rotatable bonds is 7. The van der Waals surface area contributed by atoms with E-state index in [1.807, 2.05) is 0 Å². The first kappa shape index (κ1) is 24.0. The second-order valence-electron chi connectivity index (χ2n) is 11.5. The van der Waals surface area contributed by atoms with Crippen molar-refractivity contribution < 1.29 is 9.53 Å². The minimum Gasteiger partial charge on any atom is -0.464 e. The van der Waals surface area contributed by atoms with Crippen molar-refractivity contribution >= 4 is 17.7 Å². The van der Waals surface area contributed by atoms with Crippen LogP contribution in [0.2, 0.25) is 0 Å². The van der Waals surface area contributed by atoms with E-state index in [9.17, 15) is 4.79 Å². The number of thioether (sulfide) groups is 1. The van der Waals surface area contributed by atoms with E-state index in [0.717, 1.165) is 12.8 Å². The average molecular weight is 433 g/mol. The molecule has 0 heterocycles. The molecule has 0 N–H and O–H groups in total. The summed E-state index contributed by atoms with van der Waals surface area (Å²) in [5.41, 5.74) is 3.65. The molecule has 0 aromatic carbocycles. The lowest BCUT2D eigenvalue weighted by atomic mass is 9.47. The number of hydrogen-bond donors (Lipinski definition) is 0. The van der Waals surface area contributed by atoms with Crippen LogP contribution in [-0.2, 0) is 9.53 Å². The predicted molar refractivity (Wildman–Crippen MR) is 130 cm³/mol. The van der Waals surface area contributed by atoms with Crippen molar-refractivity contribution in [3.63, 3.8) is 0 Å². The lowest BCUT2D eigenvalue weighted by Gasteiger charge is -2.58. The van der Waals surface area contributed by atoms with Crippen LogP contribution in [-0.4, -0.2) is 23.1 Å². The normalized spacial score (nSPS) is 34.0. The van der Waals surface area contributed by atoms with Gasteiger partial charge >= 0.3 is 5.97 Å². The highest BCUT2D eigenvalue weighted by molar-refractivity contribution is 8.01. The quantitative estimate of drug-likeness (QED) is 0.388. The highest BCUT2D eigenvalue weighted by atomic mass is 32.2. The minimum absolute atomic E-state index is 0.0377. The van der Waals surface area contributed by atoms with Crippen LogP contribution in [0.5, 0.6) is 0 Å². The van der Waals surface area contributed by atoms with E-state index in [-0.39, 0.29) is 16.1 Å². The minimum atomic E-state index is -0.0377. The molecular formula is C27H44O2S. The molecule has 0 aliphatic heterocycles. The van der Waals surface area contributed by atoms with Crippen molar-refractivity contribution in [3.8, 4) is 0 Å². The number of esters is 1. The molecule has 30 heavy (non-hydrogen) atoms. The van der Waals surface area contributed by atoms with Crippen LogP contribution in [0, 0.1) is 28.6 Å². The highest BCUT2D eigenvalue weighted by Gasteiger charge is 2.54. The molecule has 0 saturated heterocycles. The van der Waals surface area contributed by atoms with Gasteiger partial charge in [-0.2, -0.15) is 0 Å². The van der Waals surface area contributed by atoms with Crippen LogP contribution in [0.15, 0.2) is 23.3 Å². The largest absolute Gasteiger partial charge is 0.464 e. The van der Waals surface area contributed by atoms with Gasteiger partial charge in [0.25, 0.3) is 0 Å². The molecule has 4 atom stereocenters. The van der Waals surface area contributed by atoms with E-state index in [0.29, 0.717) is 35.5 Å². The van der Waals surface area contributed by atoms with Gasteiger partial charge in [0.05, 0.1) is 12.4 Å². The Morgan fingerprint density at radius 3 is 2.70 bits per heavy atom. The lowest BCUT2D eigenvalue weighted by molar-refractivity contribution is -0.150. The molecule has 3 aliphatic carbocycles. The lowest BCUT2D eigenvalue weighted by Crippen LogP contribution is -2.51. The third-order valence-electron chi connectivity index (χ3n) is 8.70. The summed E-state index contributed by atoms with van der Waals surface area (Å²) in [4.78, 5) is 12.5. The molecule has 3 aliphatic rings. The highest BCUT2D eigenvalue weighted by Crippen LogP contribution is 2.62. The summed E-state index contributed by atoms with van der Waals surface area (Å²) in [6, 6.07) is 0. The summed E-state index contributed by atoms with van der Waals surface area (Å²) in [6.45, 7) is 16.8. The molecular weight excluding hydrogens is 388 g/mol. The molecule has 0 bridgehead atoms. The van der Waals surface area contributed by atoms with Gasteiger partial charge in [0.2, 0.25) is 0 Å². The standard InChI is InChI=1S/C27H44O2S/c1-8-25(4,5)30-17-24(28)29-18-26(6)14-9-15-27(7)22-12-10-20(19(2)3)16-21(22)11-13-23(26)27/h11,16,19,22-23H,8-10,12-15,17-18H2,1-7H3/t22-,23+,26+,27-/m0/s1. The Morgan fingerprint density at radius 2 is 2.03 bits per heavy atom. The Bertz CT molecular complexity index is 704. The van der Waals surface area contributed by atoms with Crippen molar-refractivity contribution in [2.24, 2.45) is 28.6 Å². The maximum absolute atomic E-state index is 12.5. The maximum Gasteiger partial charge on any atom is 0.315 e. The van der Waals surface area contributed by atoms with Gasteiger partial charge in [-0.15, -0.1) is 11.8 Å². The molecule has 0 aromatic heterocycles. The SMILES string of the molecule is CCC(C)(C)SCC(=O)OC[C@@]1(C)CCC[C@]2(C)[C@@H]1CC=C1C=C(C(C)C)CC[C@@H]12. The fourth-order valence-electron chi connectivity index (χ4n) is 6.29. The number of carbonyl (C=O) groups is 1. The number of allylic oxidation sites excluding steroid dienone is 4. The van der Waals surface area contributed by atoms with Gasteiger partial charge in [-0.25, -0.2) is 0 Å². The van der Waals surface area contributed by atoms with E-state index < -0.39 is 0 Å². The summed E-state index contributed by atoms with van der Waals surface area (Å²) < 4.78 is 6.05. The van der Waals surface area contributed by atoms with E-state index >= 15 is 0 Å². The summed E-state index contributed by atoms with van der Waals surface area (Å²) in [5.74, 6) is 2.37. The number of fused-ring (bicyclic) bond motifs is 3. The second kappa shape index (κ2) is 9.04. The van der Waals surface area contributed by atoms with Gasteiger partial charge in [-0.1, -0.05) is 72.6 Å². The van der Waals surface area contributed by atoms with Crippen molar-refractivity contribution in [1.82, 2.24) is 0 Å². The zero-order valence-electron chi connectivity index (χ0n) is 20.5. The van der Waals surface area contributed by atoms with Crippen molar-refractivity contribution in [1.29, 1.82) is 0 Å². The molecule has 3 heteroatoms. The maximum atomic E-state index is 12.5. The first-order chi connectivity index (χ1) is 14.0. The van der Waals surface area contributed by atoms with Crippen LogP contribution in [0.4, 0.5) is 0 Å². The molecule has 0 amide bonds. The number of ether oxygens (including phenoxy) is 1. The monoisotopic (exact) mass is 432 g/mol. The van der Waals surface area contributed by atoms with Gasteiger partial charge in [-0.3, -0.25) is 4.79 Å². The Hall–Kier alpha value is -0.700. The van der Waals surface area contributed by atoms with Crippen LogP contribution in [0.3, 0.4) is 0 Å². The van der Waals surface area contributed by atoms with Crippen molar-refractivity contribution in [2.75, 3.05) is 12.4 Å². The first-order valence-corrected chi connectivity index (χ1v) is 13.2. The zero-order chi connectivity index (χ0) is 22.2. The third kappa shape index (κ3) is 4.87. The third-order valence-corrected chi connectivity index (χ3v) is 10.1. The molecule has 170 valence electrons. The van der Waals surface area contributed by atoms with E-state index in [1.165, 1.54) is 32.1 Å². The van der Waals surface area contributed by atoms with Gasteiger partial charge < -0.3 is 4.74 Å². The summed E-state index contributed by atoms with van der Waals surface area (Å²) in [5, 5.41) is 0. The van der Waals surface area contributed by atoms with Crippen LogP contribution < -0.4 is 0 Å². The smallest absolute Gasteiger partial charge is 0.315 e.